The molecule has 0 N–H and O–H groups in total. The van der Waals surface area contributed by atoms with Gasteiger partial charge in [-0.15, -0.1) is 11.3 Å². The van der Waals surface area contributed by atoms with Crippen molar-refractivity contribution in [1.29, 1.82) is 0 Å². The predicted molar refractivity (Wildman–Crippen MR) is 78.7 cm³/mol. The van der Waals surface area contributed by atoms with Gasteiger partial charge in [0.1, 0.15) is 0 Å². The van der Waals surface area contributed by atoms with Crippen molar-refractivity contribution in [1.82, 2.24) is 0 Å². The Labute approximate surface area is 114 Å². The molecule has 0 radical (unpaired) electrons. The normalized spacial score (nSPS) is 11.5. The number of fused-ring (bicyclic) bond motifs is 3. The lowest BCUT2D eigenvalue weighted by Crippen LogP contribution is -1.81. The van der Waals surface area contributed by atoms with E-state index in [9.17, 15) is 0 Å². The van der Waals surface area contributed by atoms with Gasteiger partial charge in [-0.1, -0.05) is 42.3 Å². The van der Waals surface area contributed by atoms with E-state index in [-0.39, 0.29) is 0 Å². The second kappa shape index (κ2) is 4.16. The number of hydrogen-bond acceptors (Lipinski definition) is 1. The van der Waals surface area contributed by atoms with Crippen molar-refractivity contribution in [3.63, 3.8) is 0 Å². The van der Waals surface area contributed by atoms with Crippen LogP contribution >= 0.6 is 34.5 Å². The highest BCUT2D eigenvalue weighted by Gasteiger charge is 2.10. The quantitative estimate of drug-likeness (QED) is 0.519. The minimum absolute atomic E-state index is 0.785. The van der Waals surface area contributed by atoms with Gasteiger partial charge in [0.05, 0.1) is 0 Å². The SMILES string of the molecule is CCc1c(Cl)ccc2c1sc1cc(Cl)ccc12. The first-order valence-corrected chi connectivity index (χ1v) is 7.07. The van der Waals surface area contributed by atoms with Crippen molar-refractivity contribution in [2.24, 2.45) is 0 Å². The average molecular weight is 281 g/mol. The second-order valence-corrected chi connectivity index (χ2v) is 5.89. The Hall–Kier alpha value is -0.760. The number of aryl methyl sites for hydroxylation is 1. The van der Waals surface area contributed by atoms with Gasteiger partial charge < -0.3 is 0 Å². The van der Waals surface area contributed by atoms with Gasteiger partial charge in [-0.3, -0.25) is 0 Å². The summed E-state index contributed by atoms with van der Waals surface area (Å²) in [5.74, 6) is 0. The van der Waals surface area contributed by atoms with Crippen LogP contribution in [0.5, 0.6) is 0 Å². The highest BCUT2D eigenvalue weighted by molar-refractivity contribution is 7.26. The van der Waals surface area contributed by atoms with Gasteiger partial charge >= 0.3 is 0 Å². The molecule has 3 aromatic rings. The molecular formula is C14H10Cl2S. The van der Waals surface area contributed by atoms with Crippen molar-refractivity contribution >= 4 is 54.7 Å². The van der Waals surface area contributed by atoms with E-state index >= 15 is 0 Å². The lowest BCUT2D eigenvalue weighted by atomic mass is 10.1. The Balaban J connectivity index is 2.50. The smallest absolute Gasteiger partial charge is 0.0452 e. The van der Waals surface area contributed by atoms with Crippen molar-refractivity contribution in [3.8, 4) is 0 Å². The van der Waals surface area contributed by atoms with Gasteiger partial charge in [0.25, 0.3) is 0 Å². The van der Waals surface area contributed by atoms with E-state index in [1.165, 1.54) is 25.7 Å². The third-order valence-electron chi connectivity index (χ3n) is 3.00. The van der Waals surface area contributed by atoms with Crippen molar-refractivity contribution in [3.05, 3.63) is 45.9 Å². The molecule has 0 atom stereocenters. The molecule has 3 rings (SSSR count). The molecule has 0 saturated heterocycles. The van der Waals surface area contributed by atoms with Gasteiger partial charge in [-0.25, -0.2) is 0 Å². The van der Waals surface area contributed by atoms with E-state index in [2.05, 4.69) is 19.1 Å². The highest BCUT2D eigenvalue weighted by atomic mass is 35.5. The molecule has 0 aliphatic rings. The summed E-state index contributed by atoms with van der Waals surface area (Å²) < 4.78 is 2.52. The Bertz CT molecular complexity index is 713. The summed E-state index contributed by atoms with van der Waals surface area (Å²) in [5.41, 5.74) is 1.24. The molecule has 0 unspecified atom stereocenters. The van der Waals surface area contributed by atoms with Gasteiger partial charge in [0.2, 0.25) is 0 Å². The lowest BCUT2D eigenvalue weighted by molar-refractivity contribution is 1.16. The number of halogens is 2. The van der Waals surface area contributed by atoms with Crippen molar-refractivity contribution in [2.75, 3.05) is 0 Å². The maximum absolute atomic E-state index is 6.24. The summed E-state index contributed by atoms with van der Waals surface area (Å²) >= 11 is 14.0. The minimum Gasteiger partial charge on any atom is -0.135 e. The van der Waals surface area contributed by atoms with Gasteiger partial charge in [0.15, 0.2) is 0 Å². The molecule has 0 bridgehead atoms. The summed E-state index contributed by atoms with van der Waals surface area (Å²) in [6.45, 7) is 2.14. The van der Waals surface area contributed by atoms with Crippen LogP contribution in [0.25, 0.3) is 20.2 Å². The first-order valence-electron chi connectivity index (χ1n) is 5.50. The Morgan fingerprint density at radius 3 is 2.59 bits per heavy atom. The predicted octanol–water partition coefficient (Wildman–Crippen LogP) is 5.92. The van der Waals surface area contributed by atoms with E-state index in [1.54, 1.807) is 11.3 Å². The molecule has 1 aromatic heterocycles. The zero-order valence-corrected chi connectivity index (χ0v) is 11.6. The van der Waals surface area contributed by atoms with Crippen LogP contribution in [0.4, 0.5) is 0 Å². The van der Waals surface area contributed by atoms with Crippen molar-refractivity contribution < 1.29 is 0 Å². The third kappa shape index (κ3) is 1.74. The zero-order valence-electron chi connectivity index (χ0n) is 9.26. The van der Waals surface area contributed by atoms with Crippen LogP contribution in [0.3, 0.4) is 0 Å². The van der Waals surface area contributed by atoms with Crippen LogP contribution < -0.4 is 0 Å². The Morgan fingerprint density at radius 1 is 1.06 bits per heavy atom. The molecule has 17 heavy (non-hydrogen) atoms. The van der Waals surface area contributed by atoms with E-state index in [1.807, 2.05) is 18.2 Å². The molecular weight excluding hydrogens is 271 g/mol. The van der Waals surface area contributed by atoms with Crippen molar-refractivity contribution in [2.45, 2.75) is 13.3 Å². The summed E-state index contributed by atoms with van der Waals surface area (Å²) in [7, 11) is 0. The molecule has 0 fully saturated rings. The Kier molecular flexibility index (Phi) is 2.78. The van der Waals surface area contributed by atoms with Gasteiger partial charge in [-0.2, -0.15) is 0 Å². The zero-order chi connectivity index (χ0) is 12.0. The van der Waals surface area contributed by atoms with Crippen LogP contribution in [0.15, 0.2) is 30.3 Å². The summed E-state index contributed by atoms with van der Waals surface area (Å²) in [6.07, 6.45) is 0.955. The van der Waals surface area contributed by atoms with E-state index in [0.29, 0.717) is 0 Å². The average Bonchev–Trinajstić information content (AvgIpc) is 2.66. The molecule has 1 heterocycles. The molecule has 0 aliphatic heterocycles. The number of rotatable bonds is 1. The standard InChI is InChI=1S/C14H10Cl2S/c1-2-9-12(16)6-5-11-10-4-3-8(15)7-13(10)17-14(9)11/h3-7H,2H2,1H3. The largest absolute Gasteiger partial charge is 0.135 e. The Morgan fingerprint density at radius 2 is 1.82 bits per heavy atom. The number of benzene rings is 2. The number of thiophene rings is 1. The van der Waals surface area contributed by atoms with Gasteiger partial charge in [0, 0.05) is 30.2 Å². The molecule has 0 nitrogen and oxygen atoms in total. The fraction of sp³-hybridized carbons (Fsp3) is 0.143. The monoisotopic (exact) mass is 280 g/mol. The van der Waals surface area contributed by atoms with E-state index < -0.39 is 0 Å². The van der Waals surface area contributed by atoms with E-state index in [4.69, 9.17) is 23.2 Å². The van der Waals surface area contributed by atoms with E-state index in [0.717, 1.165) is 16.5 Å². The summed E-state index contributed by atoms with van der Waals surface area (Å²) in [6, 6.07) is 10.1. The van der Waals surface area contributed by atoms with Crippen LogP contribution in [0.1, 0.15) is 12.5 Å². The highest BCUT2D eigenvalue weighted by Crippen LogP contribution is 2.39. The maximum atomic E-state index is 6.24. The first-order chi connectivity index (χ1) is 8.20. The topological polar surface area (TPSA) is 0 Å². The van der Waals surface area contributed by atoms with Crippen LogP contribution in [-0.2, 0) is 6.42 Å². The molecule has 0 saturated carbocycles. The molecule has 86 valence electrons. The van der Waals surface area contributed by atoms with Crippen LogP contribution in [-0.4, -0.2) is 0 Å². The van der Waals surface area contributed by atoms with Gasteiger partial charge in [-0.05, 0) is 30.2 Å². The van der Waals surface area contributed by atoms with Crippen LogP contribution in [0, 0.1) is 0 Å². The minimum atomic E-state index is 0.785. The second-order valence-electron chi connectivity index (χ2n) is 4.00. The van der Waals surface area contributed by atoms with Crippen LogP contribution in [0.2, 0.25) is 10.0 Å². The fourth-order valence-corrected chi connectivity index (χ4v) is 4.12. The lowest BCUT2D eigenvalue weighted by Gasteiger charge is -2.01. The number of hydrogen-bond donors (Lipinski definition) is 0. The summed E-state index contributed by atoms with van der Waals surface area (Å²) in [4.78, 5) is 0. The molecule has 0 amide bonds. The third-order valence-corrected chi connectivity index (χ3v) is 4.82. The molecule has 0 spiro atoms. The molecule has 3 heteroatoms. The molecule has 0 aliphatic carbocycles. The molecule has 2 aromatic carbocycles. The fourth-order valence-electron chi connectivity index (χ4n) is 2.17. The summed E-state index contributed by atoms with van der Waals surface area (Å²) in [5, 5.41) is 4.19. The first kappa shape index (κ1) is 11.3. The maximum Gasteiger partial charge on any atom is 0.0452 e.